The first-order valence-corrected chi connectivity index (χ1v) is 11.5. The molecular formula is C20H16F3IO3S. The third-order valence-electron chi connectivity index (χ3n) is 3.41. The third-order valence-corrected chi connectivity index (χ3v) is 6.90. The highest BCUT2D eigenvalue weighted by Crippen LogP contribution is 2.28. The van der Waals surface area contributed by atoms with Crippen molar-refractivity contribution < 1.29 is 47.3 Å². The van der Waals surface area contributed by atoms with Gasteiger partial charge in [-0.25, -0.2) is 8.42 Å². The molecule has 0 aliphatic heterocycles. The maximum Gasteiger partial charge on any atom is 0.416 e. The molecule has 28 heavy (non-hydrogen) atoms. The number of aryl methyl sites for hydroxylation is 1. The Morgan fingerprint density at radius 1 is 0.821 bits per heavy atom. The molecule has 0 bridgehead atoms. The Kier molecular flexibility index (Phi) is 7.62. The first-order chi connectivity index (χ1) is 13.1. The minimum absolute atomic E-state index is 0.178. The van der Waals surface area contributed by atoms with Crippen LogP contribution in [0.5, 0.6) is 0 Å². The standard InChI is InChI=1S/C13H9F3I.C7H8O3S/c14-13(15,16)10-5-4-8-12(9-10)17-11-6-2-1-3-7-11;1-6-2-4-7(5-3-6)11(8,9)10/h1-9H;2-5H,1H3,(H,8,9,10)/q+1;/p-1. The highest BCUT2D eigenvalue weighted by molar-refractivity contribution is 7.85. The molecule has 0 heterocycles. The number of alkyl halides is 3. The summed E-state index contributed by atoms with van der Waals surface area (Å²) in [5, 5.41) is 0. The molecule has 0 saturated carbocycles. The molecule has 0 fully saturated rings. The summed E-state index contributed by atoms with van der Waals surface area (Å²) in [7, 11) is -4.27. The number of benzene rings is 3. The maximum absolute atomic E-state index is 12.5. The average Bonchev–Trinajstić information content (AvgIpc) is 2.62. The molecule has 0 aromatic heterocycles. The lowest BCUT2D eigenvalue weighted by Crippen LogP contribution is -3.61. The molecule has 0 atom stereocenters. The molecule has 3 rings (SSSR count). The van der Waals surface area contributed by atoms with Crippen LogP contribution < -0.4 is 21.2 Å². The minimum Gasteiger partial charge on any atom is -0.744 e. The fourth-order valence-corrected chi connectivity index (χ4v) is 4.87. The highest BCUT2D eigenvalue weighted by Gasteiger charge is 2.32. The first-order valence-electron chi connectivity index (χ1n) is 7.95. The topological polar surface area (TPSA) is 57.2 Å². The van der Waals surface area contributed by atoms with Crippen LogP contribution >= 0.6 is 0 Å². The van der Waals surface area contributed by atoms with Gasteiger partial charge in [-0.05, 0) is 43.3 Å². The highest BCUT2D eigenvalue weighted by atomic mass is 127. The van der Waals surface area contributed by atoms with Crippen LogP contribution in [-0.4, -0.2) is 13.0 Å². The Labute approximate surface area is 172 Å². The summed E-state index contributed by atoms with van der Waals surface area (Å²) in [6.07, 6.45) is -4.25. The lowest BCUT2D eigenvalue weighted by atomic mass is 10.2. The van der Waals surface area contributed by atoms with E-state index in [1.54, 1.807) is 18.2 Å². The number of hydrogen-bond donors (Lipinski definition) is 0. The van der Waals surface area contributed by atoms with Gasteiger partial charge >= 0.3 is 27.4 Å². The van der Waals surface area contributed by atoms with Crippen molar-refractivity contribution in [3.05, 3.63) is 97.1 Å². The third kappa shape index (κ3) is 7.25. The van der Waals surface area contributed by atoms with E-state index in [0.29, 0.717) is 0 Å². The van der Waals surface area contributed by atoms with Gasteiger partial charge < -0.3 is 4.55 Å². The van der Waals surface area contributed by atoms with Crippen molar-refractivity contribution in [2.45, 2.75) is 18.0 Å². The number of halogens is 4. The molecule has 0 radical (unpaired) electrons. The van der Waals surface area contributed by atoms with Crippen molar-refractivity contribution in [1.29, 1.82) is 0 Å². The number of rotatable bonds is 3. The van der Waals surface area contributed by atoms with Crippen molar-refractivity contribution in [2.75, 3.05) is 0 Å². The quantitative estimate of drug-likeness (QED) is 0.391. The predicted molar refractivity (Wildman–Crippen MR) is 94.4 cm³/mol. The molecule has 0 aliphatic carbocycles. The van der Waals surface area contributed by atoms with Crippen LogP contribution in [0.3, 0.4) is 0 Å². The molecular weight excluding hydrogens is 504 g/mol. The Bertz CT molecular complexity index is 1000. The molecule has 0 N–H and O–H groups in total. The van der Waals surface area contributed by atoms with E-state index in [0.717, 1.165) is 18.8 Å². The van der Waals surface area contributed by atoms with E-state index in [1.807, 2.05) is 37.3 Å². The van der Waals surface area contributed by atoms with Gasteiger partial charge in [0.15, 0.2) is 7.14 Å². The van der Waals surface area contributed by atoms with Crippen molar-refractivity contribution in [3.8, 4) is 0 Å². The second kappa shape index (κ2) is 9.53. The van der Waals surface area contributed by atoms with Gasteiger partial charge in [-0.15, -0.1) is 0 Å². The molecule has 3 aromatic carbocycles. The molecule has 0 aliphatic rings. The molecule has 8 heteroatoms. The Morgan fingerprint density at radius 2 is 1.39 bits per heavy atom. The normalized spacial score (nSPS) is 11.5. The Hall–Kier alpha value is -1.91. The molecule has 148 valence electrons. The van der Waals surface area contributed by atoms with Crippen LogP contribution in [0.15, 0.2) is 83.8 Å². The summed E-state index contributed by atoms with van der Waals surface area (Å²) in [5.41, 5.74) is 0.364. The number of hydrogen-bond acceptors (Lipinski definition) is 3. The van der Waals surface area contributed by atoms with E-state index in [9.17, 15) is 26.1 Å². The van der Waals surface area contributed by atoms with Crippen LogP contribution in [-0.2, 0) is 16.3 Å². The van der Waals surface area contributed by atoms with E-state index in [2.05, 4.69) is 0 Å². The minimum atomic E-state index is -4.27. The largest absolute Gasteiger partial charge is 0.744 e. The zero-order valence-corrected chi connectivity index (χ0v) is 17.6. The van der Waals surface area contributed by atoms with Crippen LogP contribution in [0.4, 0.5) is 13.2 Å². The smallest absolute Gasteiger partial charge is 0.416 e. The summed E-state index contributed by atoms with van der Waals surface area (Å²) in [5.74, 6) is 0. The monoisotopic (exact) mass is 520 g/mol. The van der Waals surface area contributed by atoms with E-state index >= 15 is 0 Å². The van der Waals surface area contributed by atoms with E-state index in [-0.39, 0.29) is 4.90 Å². The Balaban J connectivity index is 0.000000221. The van der Waals surface area contributed by atoms with Gasteiger partial charge in [0.2, 0.25) is 0 Å². The Morgan fingerprint density at radius 3 is 1.93 bits per heavy atom. The summed E-state index contributed by atoms with van der Waals surface area (Å²) >= 11 is -0.536. The van der Waals surface area contributed by atoms with Crippen molar-refractivity contribution in [3.63, 3.8) is 0 Å². The van der Waals surface area contributed by atoms with Crippen LogP contribution in [0.1, 0.15) is 11.1 Å². The van der Waals surface area contributed by atoms with Gasteiger partial charge in [0.05, 0.1) is 10.5 Å². The summed E-state index contributed by atoms with van der Waals surface area (Å²) < 4.78 is 70.6. The van der Waals surface area contributed by atoms with E-state index in [1.165, 1.54) is 24.3 Å². The zero-order valence-electron chi connectivity index (χ0n) is 14.7. The zero-order chi connectivity index (χ0) is 20.8. The SMILES string of the molecule is Cc1ccc(S(=O)(=O)[O-])cc1.FC(F)(F)c1cccc([I+]c2ccccc2)c1. The van der Waals surface area contributed by atoms with Gasteiger partial charge in [-0.3, -0.25) is 0 Å². The van der Waals surface area contributed by atoms with Gasteiger partial charge in [0, 0.05) is 6.07 Å². The first kappa shape index (κ1) is 22.4. The molecule has 0 saturated heterocycles. The fourth-order valence-electron chi connectivity index (χ4n) is 2.03. The molecule has 3 nitrogen and oxygen atoms in total. The summed E-state index contributed by atoms with van der Waals surface area (Å²) in [4.78, 5) is -0.178. The van der Waals surface area contributed by atoms with Gasteiger partial charge in [0.1, 0.15) is 10.1 Å². The second-order valence-corrected chi connectivity index (χ2v) is 10.1. The van der Waals surface area contributed by atoms with Gasteiger partial charge in [0.25, 0.3) is 0 Å². The summed E-state index contributed by atoms with van der Waals surface area (Å²) in [6, 6.07) is 21.0. The lowest BCUT2D eigenvalue weighted by Gasteiger charge is -2.05. The molecule has 0 unspecified atom stereocenters. The van der Waals surface area contributed by atoms with Crippen LogP contribution in [0, 0.1) is 14.1 Å². The maximum atomic E-state index is 12.5. The van der Waals surface area contributed by atoms with Gasteiger partial charge in [-0.2, -0.15) is 13.2 Å². The summed E-state index contributed by atoms with van der Waals surface area (Å²) in [6.45, 7) is 1.82. The van der Waals surface area contributed by atoms with Crippen LogP contribution in [0.25, 0.3) is 0 Å². The van der Waals surface area contributed by atoms with Crippen LogP contribution in [0.2, 0.25) is 0 Å². The van der Waals surface area contributed by atoms with E-state index < -0.39 is 43.1 Å². The second-order valence-electron chi connectivity index (χ2n) is 5.67. The predicted octanol–water partition coefficient (Wildman–Crippen LogP) is 1.73. The van der Waals surface area contributed by atoms with Crippen molar-refractivity contribution in [1.82, 2.24) is 0 Å². The van der Waals surface area contributed by atoms with E-state index in [4.69, 9.17) is 0 Å². The lowest BCUT2D eigenvalue weighted by molar-refractivity contribution is -0.597. The van der Waals surface area contributed by atoms with Gasteiger partial charge in [-0.1, -0.05) is 42.0 Å². The molecule has 3 aromatic rings. The average molecular weight is 520 g/mol. The molecule has 0 amide bonds. The van der Waals surface area contributed by atoms with Crippen molar-refractivity contribution >= 4 is 10.1 Å². The fraction of sp³-hybridized carbons (Fsp3) is 0.100. The van der Waals surface area contributed by atoms with Crippen molar-refractivity contribution in [2.24, 2.45) is 0 Å². The molecule has 0 spiro atoms.